The number of para-hydroxylation sites is 1. The summed E-state index contributed by atoms with van der Waals surface area (Å²) in [6.07, 6.45) is 6.04. The minimum absolute atomic E-state index is 0.165. The Balaban J connectivity index is 1.82. The number of halogens is 1. The van der Waals surface area contributed by atoms with E-state index in [4.69, 9.17) is 21.1 Å². The lowest BCUT2D eigenvalue weighted by molar-refractivity contribution is 0.102. The largest absolute Gasteiger partial charge is 0.491 e. The Bertz CT molecular complexity index is 753. The van der Waals surface area contributed by atoms with Crippen LogP contribution in [0, 0.1) is 6.92 Å². The number of aromatic nitrogens is 1. The highest BCUT2D eigenvalue weighted by Gasteiger charge is 2.20. The summed E-state index contributed by atoms with van der Waals surface area (Å²) in [4.78, 5) is 16.8. The zero-order valence-corrected chi connectivity index (χ0v) is 15.1. The monoisotopic (exact) mass is 360 g/mol. The molecule has 1 N–H and O–H groups in total. The van der Waals surface area contributed by atoms with E-state index in [2.05, 4.69) is 10.3 Å². The Morgan fingerprint density at radius 3 is 2.72 bits per heavy atom. The second-order valence-corrected chi connectivity index (χ2v) is 6.54. The van der Waals surface area contributed by atoms with Gasteiger partial charge in [-0.1, -0.05) is 23.7 Å². The van der Waals surface area contributed by atoms with Crippen LogP contribution < -0.4 is 14.8 Å². The molecule has 0 radical (unpaired) electrons. The van der Waals surface area contributed by atoms with E-state index in [1.165, 1.54) is 6.20 Å². The SMILES string of the molecule is COc1cnc(C(=O)Nc2c(C)cccc2Cl)cc1OC1CCCC1. The molecule has 1 aromatic carbocycles. The molecule has 25 heavy (non-hydrogen) atoms. The van der Waals surface area contributed by atoms with Gasteiger partial charge in [-0.3, -0.25) is 4.79 Å². The molecule has 0 aliphatic heterocycles. The van der Waals surface area contributed by atoms with Crippen molar-refractivity contribution in [2.24, 2.45) is 0 Å². The van der Waals surface area contributed by atoms with E-state index in [-0.39, 0.29) is 17.7 Å². The molecular weight excluding hydrogens is 340 g/mol. The van der Waals surface area contributed by atoms with E-state index < -0.39 is 0 Å². The quantitative estimate of drug-likeness (QED) is 0.844. The van der Waals surface area contributed by atoms with Gasteiger partial charge in [0.1, 0.15) is 5.69 Å². The van der Waals surface area contributed by atoms with Crippen LogP contribution in [0.3, 0.4) is 0 Å². The van der Waals surface area contributed by atoms with Crippen LogP contribution in [-0.4, -0.2) is 24.1 Å². The second-order valence-electron chi connectivity index (χ2n) is 6.13. The Labute approximate surface area is 152 Å². The van der Waals surface area contributed by atoms with Gasteiger partial charge in [-0.15, -0.1) is 0 Å². The summed E-state index contributed by atoms with van der Waals surface area (Å²) in [5, 5.41) is 3.31. The van der Waals surface area contributed by atoms with Gasteiger partial charge in [-0.05, 0) is 44.2 Å². The fourth-order valence-electron chi connectivity index (χ4n) is 2.95. The molecule has 0 bridgehead atoms. The molecule has 0 atom stereocenters. The Kier molecular flexibility index (Phi) is 5.43. The highest BCUT2D eigenvalue weighted by Crippen LogP contribution is 2.32. The van der Waals surface area contributed by atoms with Gasteiger partial charge >= 0.3 is 0 Å². The number of carbonyl (C=O) groups excluding carboxylic acids is 1. The number of aryl methyl sites for hydroxylation is 1. The van der Waals surface area contributed by atoms with E-state index in [1.54, 1.807) is 19.2 Å². The predicted octanol–water partition coefficient (Wildman–Crippen LogP) is 4.63. The van der Waals surface area contributed by atoms with E-state index in [0.717, 1.165) is 31.2 Å². The number of amides is 1. The summed E-state index contributed by atoms with van der Waals surface area (Å²) in [5.74, 6) is 0.734. The third kappa shape index (κ3) is 4.04. The smallest absolute Gasteiger partial charge is 0.274 e. The van der Waals surface area contributed by atoms with Gasteiger partial charge in [0.15, 0.2) is 11.5 Å². The maximum absolute atomic E-state index is 12.6. The van der Waals surface area contributed by atoms with Crippen LogP contribution in [0.5, 0.6) is 11.5 Å². The fourth-order valence-corrected chi connectivity index (χ4v) is 3.22. The van der Waals surface area contributed by atoms with Gasteiger partial charge in [0.2, 0.25) is 0 Å². The number of nitrogens with zero attached hydrogens (tertiary/aromatic N) is 1. The van der Waals surface area contributed by atoms with Crippen molar-refractivity contribution >= 4 is 23.2 Å². The van der Waals surface area contributed by atoms with Crippen molar-refractivity contribution in [3.05, 3.63) is 46.7 Å². The van der Waals surface area contributed by atoms with E-state index in [0.29, 0.717) is 22.2 Å². The van der Waals surface area contributed by atoms with Gasteiger partial charge < -0.3 is 14.8 Å². The van der Waals surface area contributed by atoms with Crippen LogP contribution in [0.1, 0.15) is 41.7 Å². The van der Waals surface area contributed by atoms with Gasteiger partial charge in [-0.25, -0.2) is 4.98 Å². The van der Waals surface area contributed by atoms with Crippen molar-refractivity contribution < 1.29 is 14.3 Å². The number of ether oxygens (including phenoxy) is 2. The first kappa shape index (κ1) is 17.5. The highest BCUT2D eigenvalue weighted by atomic mass is 35.5. The fraction of sp³-hybridized carbons (Fsp3) is 0.368. The summed E-state index contributed by atoms with van der Waals surface area (Å²) >= 11 is 6.17. The number of methoxy groups -OCH3 is 1. The Morgan fingerprint density at radius 2 is 2.04 bits per heavy atom. The second kappa shape index (κ2) is 7.74. The molecule has 132 valence electrons. The molecule has 0 unspecified atom stereocenters. The Morgan fingerprint density at radius 1 is 1.28 bits per heavy atom. The minimum atomic E-state index is -0.338. The minimum Gasteiger partial charge on any atom is -0.491 e. The zero-order valence-electron chi connectivity index (χ0n) is 14.3. The average molecular weight is 361 g/mol. The van der Waals surface area contributed by atoms with Crippen LogP contribution in [0.25, 0.3) is 0 Å². The lowest BCUT2D eigenvalue weighted by Gasteiger charge is -2.16. The number of anilines is 1. The lowest BCUT2D eigenvalue weighted by Crippen LogP contribution is -2.16. The lowest BCUT2D eigenvalue weighted by atomic mass is 10.2. The molecule has 3 rings (SSSR count). The molecule has 1 saturated carbocycles. The van der Waals surface area contributed by atoms with Crippen LogP contribution in [0.4, 0.5) is 5.69 Å². The first-order chi connectivity index (χ1) is 12.1. The molecule has 1 aromatic heterocycles. The zero-order chi connectivity index (χ0) is 17.8. The molecule has 1 heterocycles. The summed E-state index contributed by atoms with van der Waals surface area (Å²) < 4.78 is 11.3. The standard InChI is InChI=1S/C19H21ClN2O3/c1-12-6-5-9-14(20)18(12)22-19(23)15-10-16(17(24-2)11-21-15)25-13-7-3-4-8-13/h5-6,9-11,13H,3-4,7-8H2,1-2H3,(H,22,23). The molecular formula is C19H21ClN2O3. The van der Waals surface area contributed by atoms with E-state index in [1.807, 2.05) is 19.1 Å². The van der Waals surface area contributed by atoms with Crippen molar-refractivity contribution in [2.75, 3.05) is 12.4 Å². The maximum atomic E-state index is 12.6. The van der Waals surface area contributed by atoms with E-state index >= 15 is 0 Å². The Hall–Kier alpha value is -2.27. The third-order valence-corrected chi connectivity index (χ3v) is 4.66. The summed E-state index contributed by atoms with van der Waals surface area (Å²) in [6.45, 7) is 1.89. The number of rotatable bonds is 5. The maximum Gasteiger partial charge on any atom is 0.274 e. The third-order valence-electron chi connectivity index (χ3n) is 4.34. The average Bonchev–Trinajstić information content (AvgIpc) is 3.11. The normalized spacial score (nSPS) is 14.4. The number of carbonyl (C=O) groups is 1. The van der Waals surface area contributed by atoms with Crippen LogP contribution in [-0.2, 0) is 0 Å². The first-order valence-corrected chi connectivity index (χ1v) is 8.73. The summed E-state index contributed by atoms with van der Waals surface area (Å²) in [7, 11) is 1.56. The molecule has 0 spiro atoms. The van der Waals surface area contributed by atoms with Crippen LogP contribution in [0.2, 0.25) is 5.02 Å². The first-order valence-electron chi connectivity index (χ1n) is 8.35. The molecule has 5 nitrogen and oxygen atoms in total. The number of pyridine rings is 1. The summed E-state index contributed by atoms with van der Waals surface area (Å²) in [5.41, 5.74) is 1.73. The molecule has 1 aliphatic rings. The van der Waals surface area contributed by atoms with E-state index in [9.17, 15) is 4.79 Å². The number of hydrogen-bond acceptors (Lipinski definition) is 4. The van der Waals surface area contributed by atoms with Gasteiger partial charge in [0.05, 0.1) is 30.1 Å². The van der Waals surface area contributed by atoms with Crippen LogP contribution >= 0.6 is 11.6 Å². The summed E-state index contributed by atoms with van der Waals surface area (Å²) in [6, 6.07) is 7.09. The van der Waals surface area contributed by atoms with Crippen molar-refractivity contribution in [3.8, 4) is 11.5 Å². The van der Waals surface area contributed by atoms with Gasteiger partial charge in [0, 0.05) is 6.07 Å². The molecule has 1 aliphatic carbocycles. The molecule has 1 amide bonds. The van der Waals surface area contributed by atoms with Gasteiger partial charge in [-0.2, -0.15) is 0 Å². The highest BCUT2D eigenvalue weighted by molar-refractivity contribution is 6.34. The predicted molar refractivity (Wildman–Crippen MR) is 97.8 cm³/mol. The van der Waals surface area contributed by atoms with Crippen molar-refractivity contribution in [1.29, 1.82) is 0 Å². The number of nitrogens with one attached hydrogen (secondary N) is 1. The number of hydrogen-bond donors (Lipinski definition) is 1. The van der Waals surface area contributed by atoms with Crippen LogP contribution in [0.15, 0.2) is 30.5 Å². The van der Waals surface area contributed by atoms with Crippen molar-refractivity contribution in [1.82, 2.24) is 4.98 Å². The molecule has 6 heteroatoms. The molecule has 2 aromatic rings. The molecule has 0 saturated heterocycles. The molecule has 1 fully saturated rings. The number of benzene rings is 1. The van der Waals surface area contributed by atoms with Crippen molar-refractivity contribution in [3.63, 3.8) is 0 Å². The topological polar surface area (TPSA) is 60.5 Å². The van der Waals surface area contributed by atoms with Crippen molar-refractivity contribution in [2.45, 2.75) is 38.7 Å². The van der Waals surface area contributed by atoms with Gasteiger partial charge in [0.25, 0.3) is 5.91 Å².